The van der Waals surface area contributed by atoms with E-state index in [1.807, 2.05) is 0 Å². The molecule has 0 atom stereocenters. The number of ether oxygens (including phenoxy) is 2. The van der Waals surface area contributed by atoms with Crippen molar-refractivity contribution in [3.63, 3.8) is 0 Å². The summed E-state index contributed by atoms with van der Waals surface area (Å²) in [7, 11) is 1.64. The number of aliphatic hydroxyl groups excluding tert-OH is 1. The first kappa shape index (κ1) is 15.9. The lowest BCUT2D eigenvalue weighted by molar-refractivity contribution is 0.199. The van der Waals surface area contributed by atoms with Gasteiger partial charge in [-0.1, -0.05) is 0 Å². The summed E-state index contributed by atoms with van der Waals surface area (Å²) in [4.78, 5) is 0. The van der Waals surface area contributed by atoms with Gasteiger partial charge in [-0.3, -0.25) is 0 Å². The number of hydrogen-bond donors (Lipinski definition) is 2. The predicted octanol–water partition coefficient (Wildman–Crippen LogP) is 1.71. The SMILES string of the molecule is COCCNCc1cc(F)ccc1OCCCCO. The molecule has 1 aromatic carbocycles. The normalized spacial score (nSPS) is 10.7. The van der Waals surface area contributed by atoms with Crippen molar-refractivity contribution in [2.24, 2.45) is 0 Å². The van der Waals surface area contributed by atoms with E-state index in [4.69, 9.17) is 14.6 Å². The minimum Gasteiger partial charge on any atom is -0.493 e. The molecule has 0 saturated heterocycles. The smallest absolute Gasteiger partial charge is 0.123 e. The van der Waals surface area contributed by atoms with Gasteiger partial charge in [-0.05, 0) is 31.0 Å². The minimum atomic E-state index is -0.272. The number of aliphatic hydroxyl groups is 1. The molecule has 1 rings (SSSR count). The summed E-state index contributed by atoms with van der Waals surface area (Å²) in [5.74, 6) is 0.413. The fraction of sp³-hybridized carbons (Fsp3) is 0.571. The molecule has 0 radical (unpaired) electrons. The molecular formula is C14H22FNO3. The lowest BCUT2D eigenvalue weighted by Crippen LogP contribution is -2.19. The van der Waals surface area contributed by atoms with Crippen LogP contribution in [-0.2, 0) is 11.3 Å². The van der Waals surface area contributed by atoms with Gasteiger partial charge in [0.05, 0.1) is 13.2 Å². The van der Waals surface area contributed by atoms with E-state index < -0.39 is 0 Å². The maximum atomic E-state index is 13.2. The lowest BCUT2D eigenvalue weighted by atomic mass is 10.2. The molecular weight excluding hydrogens is 249 g/mol. The summed E-state index contributed by atoms with van der Waals surface area (Å²) in [6.07, 6.45) is 1.49. The van der Waals surface area contributed by atoms with E-state index in [9.17, 15) is 4.39 Å². The van der Waals surface area contributed by atoms with Crippen molar-refractivity contribution >= 4 is 0 Å². The van der Waals surface area contributed by atoms with E-state index in [0.29, 0.717) is 38.5 Å². The second-order valence-electron chi connectivity index (χ2n) is 4.20. The molecule has 0 heterocycles. The van der Waals surface area contributed by atoms with Crippen LogP contribution in [0.1, 0.15) is 18.4 Å². The minimum absolute atomic E-state index is 0.165. The molecule has 0 aliphatic carbocycles. The molecule has 0 bridgehead atoms. The molecule has 4 nitrogen and oxygen atoms in total. The van der Waals surface area contributed by atoms with Crippen LogP contribution in [0.2, 0.25) is 0 Å². The van der Waals surface area contributed by atoms with Gasteiger partial charge < -0.3 is 19.9 Å². The maximum Gasteiger partial charge on any atom is 0.123 e. The number of methoxy groups -OCH3 is 1. The van der Waals surface area contributed by atoms with Crippen LogP contribution < -0.4 is 10.1 Å². The molecule has 2 N–H and O–H groups in total. The van der Waals surface area contributed by atoms with Crippen molar-refractivity contribution in [1.29, 1.82) is 0 Å². The van der Waals surface area contributed by atoms with Gasteiger partial charge in [-0.2, -0.15) is 0 Å². The fourth-order valence-electron chi connectivity index (χ4n) is 1.62. The second kappa shape index (κ2) is 9.72. The average Bonchev–Trinajstić information content (AvgIpc) is 2.41. The molecule has 0 aliphatic rings. The zero-order chi connectivity index (χ0) is 13.9. The van der Waals surface area contributed by atoms with Crippen molar-refractivity contribution in [2.45, 2.75) is 19.4 Å². The van der Waals surface area contributed by atoms with Gasteiger partial charge in [0.15, 0.2) is 0 Å². The highest BCUT2D eigenvalue weighted by atomic mass is 19.1. The Labute approximate surface area is 113 Å². The topological polar surface area (TPSA) is 50.7 Å². The molecule has 5 heteroatoms. The summed E-state index contributed by atoms with van der Waals surface area (Å²) < 4.78 is 23.8. The number of benzene rings is 1. The molecule has 0 amide bonds. The fourth-order valence-corrected chi connectivity index (χ4v) is 1.62. The van der Waals surface area contributed by atoms with Crippen LogP contribution in [0.25, 0.3) is 0 Å². The van der Waals surface area contributed by atoms with Gasteiger partial charge in [0, 0.05) is 32.4 Å². The van der Waals surface area contributed by atoms with Crippen molar-refractivity contribution in [1.82, 2.24) is 5.32 Å². The summed E-state index contributed by atoms with van der Waals surface area (Å²) in [5, 5.41) is 11.9. The highest BCUT2D eigenvalue weighted by molar-refractivity contribution is 5.33. The Kier molecular flexibility index (Phi) is 8.13. The summed E-state index contributed by atoms with van der Waals surface area (Å²) in [6.45, 7) is 2.55. The highest BCUT2D eigenvalue weighted by Gasteiger charge is 2.05. The van der Waals surface area contributed by atoms with Crippen molar-refractivity contribution < 1.29 is 19.0 Å². The van der Waals surface area contributed by atoms with Gasteiger partial charge in [-0.15, -0.1) is 0 Å². The number of halogens is 1. The van der Waals surface area contributed by atoms with Crippen LogP contribution >= 0.6 is 0 Å². The molecule has 0 spiro atoms. The molecule has 0 aliphatic heterocycles. The Balaban J connectivity index is 2.48. The summed E-state index contributed by atoms with van der Waals surface area (Å²) in [6, 6.07) is 4.50. The highest BCUT2D eigenvalue weighted by Crippen LogP contribution is 2.20. The molecule has 0 saturated carbocycles. The monoisotopic (exact) mass is 271 g/mol. The van der Waals surface area contributed by atoms with Crippen LogP contribution in [0.15, 0.2) is 18.2 Å². The largest absolute Gasteiger partial charge is 0.493 e. The number of nitrogens with one attached hydrogen (secondary N) is 1. The van der Waals surface area contributed by atoms with E-state index >= 15 is 0 Å². The zero-order valence-electron chi connectivity index (χ0n) is 11.3. The number of rotatable bonds is 10. The van der Waals surface area contributed by atoms with Gasteiger partial charge in [0.25, 0.3) is 0 Å². The third-order valence-electron chi connectivity index (χ3n) is 2.63. The Hall–Kier alpha value is -1.17. The molecule has 108 valence electrons. The van der Waals surface area contributed by atoms with Gasteiger partial charge in [0.1, 0.15) is 11.6 Å². The van der Waals surface area contributed by atoms with Gasteiger partial charge >= 0.3 is 0 Å². The van der Waals surface area contributed by atoms with Crippen LogP contribution in [-0.4, -0.2) is 38.6 Å². The van der Waals surface area contributed by atoms with E-state index in [0.717, 1.165) is 12.0 Å². The second-order valence-corrected chi connectivity index (χ2v) is 4.20. The summed E-state index contributed by atoms with van der Waals surface area (Å²) >= 11 is 0. The zero-order valence-corrected chi connectivity index (χ0v) is 11.3. The standard InChI is InChI=1S/C14H22FNO3/c1-18-9-6-16-11-12-10-13(15)4-5-14(12)19-8-3-2-7-17/h4-5,10,16-17H,2-3,6-9,11H2,1H3. The average molecular weight is 271 g/mol. The van der Waals surface area contributed by atoms with E-state index in [-0.39, 0.29) is 12.4 Å². The van der Waals surface area contributed by atoms with E-state index in [1.54, 1.807) is 13.2 Å². The van der Waals surface area contributed by atoms with Crippen LogP contribution in [0.4, 0.5) is 4.39 Å². The van der Waals surface area contributed by atoms with E-state index in [2.05, 4.69) is 5.32 Å². The molecule has 19 heavy (non-hydrogen) atoms. The number of unbranched alkanes of at least 4 members (excludes halogenated alkanes) is 1. The molecule has 0 fully saturated rings. The van der Waals surface area contributed by atoms with Gasteiger partial charge in [-0.25, -0.2) is 4.39 Å². The van der Waals surface area contributed by atoms with Crippen molar-refractivity contribution in [2.75, 3.05) is 33.5 Å². The van der Waals surface area contributed by atoms with E-state index in [1.165, 1.54) is 12.1 Å². The summed E-state index contributed by atoms with van der Waals surface area (Å²) in [5.41, 5.74) is 0.792. The Bertz CT molecular complexity index is 361. The Morgan fingerprint density at radius 2 is 2.11 bits per heavy atom. The quantitative estimate of drug-likeness (QED) is 0.636. The maximum absolute atomic E-state index is 13.2. The Morgan fingerprint density at radius 3 is 2.84 bits per heavy atom. The van der Waals surface area contributed by atoms with Crippen LogP contribution in [0, 0.1) is 5.82 Å². The van der Waals surface area contributed by atoms with Crippen LogP contribution in [0.3, 0.4) is 0 Å². The molecule has 0 unspecified atom stereocenters. The predicted molar refractivity (Wildman–Crippen MR) is 71.8 cm³/mol. The van der Waals surface area contributed by atoms with Crippen molar-refractivity contribution in [3.05, 3.63) is 29.6 Å². The first-order chi connectivity index (χ1) is 9.27. The lowest BCUT2D eigenvalue weighted by Gasteiger charge is -2.12. The molecule has 1 aromatic rings. The number of hydrogen-bond acceptors (Lipinski definition) is 4. The first-order valence-corrected chi connectivity index (χ1v) is 6.49. The third kappa shape index (κ3) is 6.52. The molecule has 0 aromatic heterocycles. The van der Waals surface area contributed by atoms with Crippen molar-refractivity contribution in [3.8, 4) is 5.75 Å². The third-order valence-corrected chi connectivity index (χ3v) is 2.63. The Morgan fingerprint density at radius 1 is 1.26 bits per heavy atom. The van der Waals surface area contributed by atoms with Crippen LogP contribution in [0.5, 0.6) is 5.75 Å². The van der Waals surface area contributed by atoms with Gasteiger partial charge in [0.2, 0.25) is 0 Å². The first-order valence-electron chi connectivity index (χ1n) is 6.49.